The van der Waals surface area contributed by atoms with Crippen molar-refractivity contribution in [2.75, 3.05) is 14.2 Å². The van der Waals surface area contributed by atoms with Crippen molar-refractivity contribution in [1.29, 1.82) is 0 Å². The number of hydrazone groups is 1. The Morgan fingerprint density at radius 2 is 1.50 bits per heavy atom. The molecular weight excluding hydrogens is 283 g/mol. The summed E-state index contributed by atoms with van der Waals surface area (Å²) in [7, 11) is 2.67. The summed E-state index contributed by atoms with van der Waals surface area (Å²) in [6, 6.07) is 3.70. The molecule has 0 radical (unpaired) electrons. The van der Waals surface area contributed by atoms with E-state index in [2.05, 4.69) is 5.10 Å². The average Bonchev–Trinajstić information content (AvgIpc) is 2.67. The van der Waals surface area contributed by atoms with Crippen molar-refractivity contribution in [1.82, 2.24) is 0 Å². The number of rotatable bonds is 4. The number of methoxy groups -OCH3 is 2. The molecule has 0 aliphatic carbocycles. The van der Waals surface area contributed by atoms with Crippen LogP contribution in [0.3, 0.4) is 0 Å². The minimum Gasteiger partial charge on any atom is -0.496 e. The molecule has 120 valence electrons. The van der Waals surface area contributed by atoms with E-state index in [1.807, 2.05) is 39.8 Å². The highest BCUT2D eigenvalue weighted by Crippen LogP contribution is 2.37. The zero-order chi connectivity index (χ0) is 16.5. The topological polar surface area (TPSA) is 75.3 Å². The van der Waals surface area contributed by atoms with E-state index in [-0.39, 0.29) is 0 Å². The van der Waals surface area contributed by atoms with Crippen LogP contribution < -0.4 is 20.8 Å². The maximum Gasteiger partial charge on any atom is 0.495 e. The van der Waals surface area contributed by atoms with Crippen LogP contribution in [0.25, 0.3) is 0 Å². The number of hydrogen-bond donors (Lipinski definition) is 1. The first-order chi connectivity index (χ1) is 10.3. The van der Waals surface area contributed by atoms with Gasteiger partial charge in [0.15, 0.2) is 0 Å². The Bertz CT molecular complexity index is 546. The summed E-state index contributed by atoms with van der Waals surface area (Å²) in [6.45, 7) is 8.04. The predicted molar refractivity (Wildman–Crippen MR) is 87.0 cm³/mol. The van der Waals surface area contributed by atoms with Gasteiger partial charge >= 0.3 is 7.12 Å². The van der Waals surface area contributed by atoms with Gasteiger partial charge in [0, 0.05) is 0 Å². The lowest BCUT2D eigenvalue weighted by Crippen LogP contribution is -2.41. The minimum absolute atomic E-state index is 0.407. The molecule has 2 N–H and O–H groups in total. The molecule has 0 bridgehead atoms. The molecule has 7 heteroatoms. The van der Waals surface area contributed by atoms with E-state index < -0.39 is 18.3 Å². The molecule has 22 heavy (non-hydrogen) atoms. The van der Waals surface area contributed by atoms with Crippen LogP contribution in [0.15, 0.2) is 17.2 Å². The maximum absolute atomic E-state index is 6.06. The van der Waals surface area contributed by atoms with E-state index in [1.54, 1.807) is 14.2 Å². The molecule has 1 aromatic rings. The van der Waals surface area contributed by atoms with Crippen LogP contribution in [-0.4, -0.2) is 38.8 Å². The number of hydrogen-bond acceptors (Lipinski definition) is 6. The van der Waals surface area contributed by atoms with E-state index in [4.69, 9.17) is 24.6 Å². The van der Waals surface area contributed by atoms with Gasteiger partial charge in [-0.05, 0) is 45.3 Å². The quantitative estimate of drug-likeness (QED) is 0.393. The monoisotopic (exact) mass is 306 g/mol. The van der Waals surface area contributed by atoms with Gasteiger partial charge in [0.2, 0.25) is 0 Å². The number of nitrogens with two attached hydrogens (primary N) is 1. The van der Waals surface area contributed by atoms with Crippen LogP contribution in [0.2, 0.25) is 0 Å². The molecule has 1 aliphatic rings. The average molecular weight is 306 g/mol. The molecule has 1 saturated heterocycles. The molecule has 1 aliphatic heterocycles. The van der Waals surface area contributed by atoms with E-state index in [0.717, 1.165) is 5.46 Å². The molecule has 1 aromatic carbocycles. The van der Waals surface area contributed by atoms with Gasteiger partial charge in [-0.15, -0.1) is 0 Å². The van der Waals surface area contributed by atoms with E-state index in [9.17, 15) is 0 Å². The fourth-order valence-electron chi connectivity index (χ4n) is 2.28. The van der Waals surface area contributed by atoms with Crippen LogP contribution in [0.4, 0.5) is 0 Å². The fourth-order valence-corrected chi connectivity index (χ4v) is 2.28. The van der Waals surface area contributed by atoms with Gasteiger partial charge in [-0.2, -0.15) is 5.10 Å². The molecule has 0 amide bonds. The summed E-state index contributed by atoms with van der Waals surface area (Å²) < 4.78 is 22.9. The van der Waals surface area contributed by atoms with Crippen molar-refractivity contribution in [2.45, 2.75) is 38.9 Å². The lowest BCUT2D eigenvalue weighted by atomic mass is 9.78. The summed E-state index contributed by atoms with van der Waals surface area (Å²) >= 11 is 0. The van der Waals surface area contributed by atoms with Crippen LogP contribution in [0.1, 0.15) is 33.3 Å². The molecule has 1 heterocycles. The largest absolute Gasteiger partial charge is 0.496 e. The van der Waals surface area contributed by atoms with Crippen molar-refractivity contribution in [3.63, 3.8) is 0 Å². The summed E-state index contributed by atoms with van der Waals surface area (Å²) in [5, 5.41) is 3.55. The first kappa shape index (κ1) is 16.6. The lowest BCUT2D eigenvalue weighted by Gasteiger charge is -2.32. The third-order valence-electron chi connectivity index (χ3n) is 4.30. The molecule has 0 spiro atoms. The SMILES string of the molecule is COc1cc(B2OC(C)(C)C(C)(C)O2)cc(OC)c1C=NN. The van der Waals surface area contributed by atoms with E-state index >= 15 is 0 Å². The molecule has 1 fully saturated rings. The Morgan fingerprint density at radius 1 is 1.05 bits per heavy atom. The van der Waals surface area contributed by atoms with Crippen molar-refractivity contribution in [3.05, 3.63) is 17.7 Å². The van der Waals surface area contributed by atoms with Crippen molar-refractivity contribution in [3.8, 4) is 11.5 Å². The summed E-state index contributed by atoms with van der Waals surface area (Å²) in [5.41, 5.74) is 0.680. The maximum atomic E-state index is 6.06. The van der Waals surface area contributed by atoms with Gasteiger partial charge in [-0.1, -0.05) is 0 Å². The summed E-state index contributed by atoms with van der Waals surface area (Å²) in [4.78, 5) is 0. The molecule has 0 saturated carbocycles. The van der Waals surface area contributed by atoms with Crippen LogP contribution in [0.5, 0.6) is 11.5 Å². The predicted octanol–water partition coefficient (Wildman–Crippen LogP) is 1.30. The van der Waals surface area contributed by atoms with Crippen molar-refractivity contribution < 1.29 is 18.8 Å². The van der Waals surface area contributed by atoms with Crippen molar-refractivity contribution >= 4 is 18.8 Å². The van der Waals surface area contributed by atoms with Crippen LogP contribution >= 0.6 is 0 Å². The smallest absolute Gasteiger partial charge is 0.495 e. The number of ether oxygens (including phenoxy) is 2. The zero-order valence-electron chi connectivity index (χ0n) is 14.0. The molecule has 0 aromatic heterocycles. The third-order valence-corrected chi connectivity index (χ3v) is 4.30. The van der Waals surface area contributed by atoms with Gasteiger partial charge in [0.25, 0.3) is 0 Å². The van der Waals surface area contributed by atoms with E-state index in [1.165, 1.54) is 6.21 Å². The molecule has 6 nitrogen and oxygen atoms in total. The summed E-state index contributed by atoms with van der Waals surface area (Å²) in [6.07, 6.45) is 1.49. The van der Waals surface area contributed by atoms with Crippen molar-refractivity contribution in [2.24, 2.45) is 10.9 Å². The third kappa shape index (κ3) is 2.78. The summed E-state index contributed by atoms with van der Waals surface area (Å²) in [5.74, 6) is 6.44. The first-order valence-electron chi connectivity index (χ1n) is 7.10. The molecule has 0 unspecified atom stereocenters. The minimum atomic E-state index is -0.489. The molecule has 2 rings (SSSR count). The standard InChI is InChI=1S/C15H23BN2O4/c1-14(2)15(3,4)22-16(21-14)10-7-12(19-5)11(9-18-17)13(8-10)20-6/h7-9H,17H2,1-6H3. The normalized spacial score (nSPS) is 19.6. The van der Waals surface area contributed by atoms with E-state index in [0.29, 0.717) is 17.1 Å². The first-order valence-corrected chi connectivity index (χ1v) is 7.10. The Morgan fingerprint density at radius 3 is 1.86 bits per heavy atom. The Hall–Kier alpha value is -1.73. The van der Waals surface area contributed by atoms with Gasteiger partial charge < -0.3 is 24.6 Å². The zero-order valence-corrected chi connectivity index (χ0v) is 14.0. The van der Waals surface area contributed by atoms with Gasteiger partial charge in [-0.3, -0.25) is 0 Å². The second-order valence-electron chi connectivity index (χ2n) is 6.21. The van der Waals surface area contributed by atoms with Gasteiger partial charge in [-0.25, -0.2) is 0 Å². The van der Waals surface area contributed by atoms with Crippen LogP contribution in [-0.2, 0) is 9.31 Å². The lowest BCUT2D eigenvalue weighted by molar-refractivity contribution is 0.00578. The Labute approximate surface area is 131 Å². The fraction of sp³-hybridized carbons (Fsp3) is 0.533. The second-order valence-corrected chi connectivity index (χ2v) is 6.21. The highest BCUT2D eigenvalue weighted by Gasteiger charge is 2.52. The Kier molecular flexibility index (Phi) is 4.40. The number of benzene rings is 1. The van der Waals surface area contributed by atoms with Crippen LogP contribution in [0, 0.1) is 0 Å². The second kappa shape index (κ2) is 5.81. The number of nitrogens with zero attached hydrogens (tertiary/aromatic N) is 1. The highest BCUT2D eigenvalue weighted by atomic mass is 16.7. The van der Waals surface area contributed by atoms with Gasteiger partial charge in [0.05, 0.1) is 37.2 Å². The highest BCUT2D eigenvalue weighted by molar-refractivity contribution is 6.62. The Balaban J connectivity index is 2.46. The molecular formula is C15H23BN2O4. The van der Waals surface area contributed by atoms with Gasteiger partial charge in [0.1, 0.15) is 11.5 Å². The molecule has 0 atom stereocenters.